The molecule has 2 aromatic rings. The minimum absolute atomic E-state index is 0.282. The van der Waals surface area contributed by atoms with Gasteiger partial charge in [-0.25, -0.2) is 0 Å². The minimum Gasteiger partial charge on any atom is -0.369 e. The van der Waals surface area contributed by atoms with Crippen LogP contribution < -0.4 is 5.73 Å². The Hall–Kier alpha value is -2.09. The van der Waals surface area contributed by atoms with Gasteiger partial charge in [-0.05, 0) is 55.0 Å². The van der Waals surface area contributed by atoms with Crippen LogP contribution in [0.3, 0.4) is 0 Å². The molecule has 0 unspecified atom stereocenters. The molecule has 0 saturated carbocycles. The second kappa shape index (κ2) is 5.91. The highest BCUT2D eigenvalue weighted by Crippen LogP contribution is 2.21. The smallest absolute Gasteiger partial charge is 0.221 e. The van der Waals surface area contributed by atoms with E-state index in [1.165, 1.54) is 27.8 Å². The summed E-state index contributed by atoms with van der Waals surface area (Å²) >= 11 is 0. The quantitative estimate of drug-likeness (QED) is 0.908. The van der Waals surface area contributed by atoms with Crippen molar-refractivity contribution < 1.29 is 4.79 Å². The summed E-state index contributed by atoms with van der Waals surface area (Å²) in [6.07, 6.45) is 1.24. The van der Waals surface area contributed by atoms with Crippen molar-refractivity contribution in [3.63, 3.8) is 0 Å². The molecule has 0 atom stereocenters. The van der Waals surface area contributed by atoms with E-state index < -0.39 is 0 Å². The monoisotopic (exact) mass is 267 g/mol. The standard InChI is InChI=1S/C18H21NO/c1-12-5-4-6-15(7-12)10-17-13(2)8-16(9-14(17)3)11-18(19)20/h4-9H,10-11H2,1-3H3,(H2,19,20). The van der Waals surface area contributed by atoms with E-state index in [0.29, 0.717) is 6.42 Å². The van der Waals surface area contributed by atoms with Crippen LogP contribution in [-0.4, -0.2) is 5.91 Å². The van der Waals surface area contributed by atoms with Crippen LogP contribution in [0.4, 0.5) is 0 Å². The summed E-state index contributed by atoms with van der Waals surface area (Å²) < 4.78 is 0. The molecule has 0 radical (unpaired) electrons. The van der Waals surface area contributed by atoms with E-state index in [4.69, 9.17) is 5.73 Å². The van der Waals surface area contributed by atoms with Gasteiger partial charge in [-0.15, -0.1) is 0 Å². The largest absolute Gasteiger partial charge is 0.369 e. The first-order chi connectivity index (χ1) is 9.45. The van der Waals surface area contributed by atoms with Crippen molar-refractivity contribution in [3.05, 3.63) is 69.8 Å². The zero-order valence-corrected chi connectivity index (χ0v) is 12.4. The van der Waals surface area contributed by atoms with E-state index in [9.17, 15) is 4.79 Å². The number of carbonyl (C=O) groups is 1. The van der Waals surface area contributed by atoms with Crippen molar-refractivity contribution in [1.82, 2.24) is 0 Å². The molecule has 2 N–H and O–H groups in total. The first-order valence-corrected chi connectivity index (χ1v) is 6.88. The molecule has 0 aromatic heterocycles. The highest BCUT2D eigenvalue weighted by molar-refractivity contribution is 5.76. The lowest BCUT2D eigenvalue weighted by Gasteiger charge is -2.13. The summed E-state index contributed by atoms with van der Waals surface area (Å²) in [6, 6.07) is 12.7. The third-order valence-electron chi connectivity index (χ3n) is 3.60. The van der Waals surface area contributed by atoms with Crippen molar-refractivity contribution in [2.45, 2.75) is 33.6 Å². The Bertz CT molecular complexity index is 621. The summed E-state index contributed by atoms with van der Waals surface area (Å²) in [5, 5.41) is 0. The second-order valence-corrected chi connectivity index (χ2v) is 5.52. The number of primary amides is 1. The lowest BCUT2D eigenvalue weighted by atomic mass is 9.93. The van der Waals surface area contributed by atoms with Gasteiger partial charge in [0.1, 0.15) is 0 Å². The molecule has 0 aliphatic heterocycles. The molecule has 0 fully saturated rings. The van der Waals surface area contributed by atoms with E-state index in [2.05, 4.69) is 57.2 Å². The van der Waals surface area contributed by atoms with Crippen LogP contribution in [0.1, 0.15) is 33.4 Å². The maximum Gasteiger partial charge on any atom is 0.221 e. The molecular weight excluding hydrogens is 246 g/mol. The van der Waals surface area contributed by atoms with Gasteiger partial charge in [0.25, 0.3) is 0 Å². The maximum atomic E-state index is 11.0. The highest BCUT2D eigenvalue weighted by Gasteiger charge is 2.08. The van der Waals surface area contributed by atoms with Crippen molar-refractivity contribution in [3.8, 4) is 0 Å². The van der Waals surface area contributed by atoms with Crippen LogP contribution >= 0.6 is 0 Å². The Morgan fingerprint density at radius 2 is 1.65 bits per heavy atom. The number of aryl methyl sites for hydroxylation is 3. The van der Waals surface area contributed by atoms with E-state index in [1.807, 2.05) is 0 Å². The predicted octanol–water partition coefficient (Wildman–Crippen LogP) is 3.23. The first kappa shape index (κ1) is 14.3. The molecule has 2 rings (SSSR count). The fourth-order valence-corrected chi connectivity index (χ4v) is 2.69. The maximum absolute atomic E-state index is 11.0. The first-order valence-electron chi connectivity index (χ1n) is 6.88. The van der Waals surface area contributed by atoms with Crippen molar-refractivity contribution >= 4 is 5.91 Å². The van der Waals surface area contributed by atoms with Crippen LogP contribution in [0.2, 0.25) is 0 Å². The summed E-state index contributed by atoms with van der Waals surface area (Å²) in [4.78, 5) is 11.0. The van der Waals surface area contributed by atoms with Crippen molar-refractivity contribution in [2.75, 3.05) is 0 Å². The van der Waals surface area contributed by atoms with Gasteiger partial charge in [0.15, 0.2) is 0 Å². The fourth-order valence-electron chi connectivity index (χ4n) is 2.69. The number of benzene rings is 2. The van der Waals surface area contributed by atoms with Crippen LogP contribution in [-0.2, 0) is 17.6 Å². The number of nitrogens with two attached hydrogens (primary N) is 1. The molecule has 2 aromatic carbocycles. The summed E-state index contributed by atoms with van der Waals surface area (Å²) in [7, 11) is 0. The Morgan fingerprint density at radius 3 is 2.20 bits per heavy atom. The third kappa shape index (κ3) is 3.47. The highest BCUT2D eigenvalue weighted by atomic mass is 16.1. The zero-order chi connectivity index (χ0) is 14.7. The molecular formula is C18H21NO. The van der Waals surface area contributed by atoms with E-state index in [0.717, 1.165) is 12.0 Å². The van der Waals surface area contributed by atoms with Gasteiger partial charge in [0.05, 0.1) is 6.42 Å². The van der Waals surface area contributed by atoms with Crippen molar-refractivity contribution in [2.24, 2.45) is 5.73 Å². The Morgan fingerprint density at radius 1 is 1.00 bits per heavy atom. The second-order valence-electron chi connectivity index (χ2n) is 5.52. The molecule has 104 valence electrons. The lowest BCUT2D eigenvalue weighted by Crippen LogP contribution is -2.14. The number of carbonyl (C=O) groups excluding carboxylic acids is 1. The SMILES string of the molecule is Cc1cccc(Cc2c(C)cc(CC(N)=O)cc2C)c1. The van der Waals surface area contributed by atoms with Gasteiger partial charge >= 0.3 is 0 Å². The summed E-state index contributed by atoms with van der Waals surface area (Å²) in [6.45, 7) is 6.31. The lowest BCUT2D eigenvalue weighted by molar-refractivity contribution is -0.117. The topological polar surface area (TPSA) is 43.1 Å². The Kier molecular flexibility index (Phi) is 4.23. The molecule has 0 aliphatic carbocycles. The summed E-state index contributed by atoms with van der Waals surface area (Å²) in [5.74, 6) is -0.282. The molecule has 0 aliphatic rings. The third-order valence-corrected chi connectivity index (χ3v) is 3.60. The molecule has 0 saturated heterocycles. The summed E-state index contributed by atoms with van der Waals surface area (Å²) in [5.41, 5.74) is 12.6. The average Bonchev–Trinajstić information content (AvgIpc) is 2.33. The van der Waals surface area contributed by atoms with Gasteiger partial charge in [-0.3, -0.25) is 4.79 Å². The minimum atomic E-state index is -0.282. The van der Waals surface area contributed by atoms with Gasteiger partial charge in [-0.1, -0.05) is 42.0 Å². The van der Waals surface area contributed by atoms with Gasteiger partial charge in [0, 0.05) is 0 Å². The van der Waals surface area contributed by atoms with Crippen LogP contribution in [0, 0.1) is 20.8 Å². The normalized spacial score (nSPS) is 10.6. The van der Waals surface area contributed by atoms with Gasteiger partial charge in [0.2, 0.25) is 5.91 Å². The van der Waals surface area contributed by atoms with E-state index in [-0.39, 0.29) is 5.91 Å². The molecule has 20 heavy (non-hydrogen) atoms. The van der Waals surface area contributed by atoms with Crippen molar-refractivity contribution in [1.29, 1.82) is 0 Å². The molecule has 0 bridgehead atoms. The Balaban J connectivity index is 2.31. The number of hydrogen-bond acceptors (Lipinski definition) is 1. The van der Waals surface area contributed by atoms with E-state index in [1.54, 1.807) is 0 Å². The average molecular weight is 267 g/mol. The number of amides is 1. The molecule has 1 amide bonds. The van der Waals surface area contributed by atoms with Gasteiger partial charge in [-0.2, -0.15) is 0 Å². The molecule has 0 spiro atoms. The zero-order valence-electron chi connectivity index (χ0n) is 12.4. The molecule has 0 heterocycles. The number of hydrogen-bond donors (Lipinski definition) is 1. The fraction of sp³-hybridized carbons (Fsp3) is 0.278. The van der Waals surface area contributed by atoms with Crippen LogP contribution in [0.25, 0.3) is 0 Å². The Labute approximate surface area is 120 Å². The van der Waals surface area contributed by atoms with E-state index >= 15 is 0 Å². The van der Waals surface area contributed by atoms with Crippen LogP contribution in [0.15, 0.2) is 36.4 Å². The van der Waals surface area contributed by atoms with Gasteiger partial charge < -0.3 is 5.73 Å². The van der Waals surface area contributed by atoms with Crippen LogP contribution in [0.5, 0.6) is 0 Å². The molecule has 2 nitrogen and oxygen atoms in total. The number of rotatable bonds is 4. The molecule has 2 heteroatoms. The predicted molar refractivity (Wildman–Crippen MR) is 82.8 cm³/mol.